The average Bonchev–Trinajstić information content (AvgIpc) is 2.61. The van der Waals surface area contributed by atoms with Gasteiger partial charge < -0.3 is 4.74 Å². The standard InChI is InChI=1S/C19H32Br6O2/c1-3-4-5-6-7-8-9-10-11-12-13-14-15-17(20,21)19(24,25)18(22,23)16(26)27-2/h3-15H2,1-2H3. The van der Waals surface area contributed by atoms with Crippen LogP contribution in [0.3, 0.4) is 0 Å². The second-order valence-electron chi connectivity index (χ2n) is 6.98. The molecule has 0 saturated carbocycles. The van der Waals surface area contributed by atoms with Crippen molar-refractivity contribution >= 4 is 102 Å². The summed E-state index contributed by atoms with van der Waals surface area (Å²) in [7, 11) is 1.37. The Hall–Kier alpha value is 2.35. The highest BCUT2D eigenvalue weighted by atomic mass is 79.9. The zero-order valence-corrected chi connectivity index (χ0v) is 25.8. The topological polar surface area (TPSA) is 26.3 Å². The Morgan fingerprint density at radius 2 is 1.07 bits per heavy atom. The first kappa shape index (κ1) is 29.4. The van der Waals surface area contributed by atoms with Crippen molar-refractivity contribution in [2.45, 2.75) is 100 Å². The van der Waals surface area contributed by atoms with Crippen LogP contribution in [-0.4, -0.2) is 22.8 Å². The first-order chi connectivity index (χ1) is 12.5. The lowest BCUT2D eigenvalue weighted by Gasteiger charge is -2.41. The number of hydrogen-bond acceptors (Lipinski definition) is 2. The number of alkyl halides is 6. The molecule has 0 amide bonds. The third-order valence-electron chi connectivity index (χ3n) is 4.64. The highest BCUT2D eigenvalue weighted by molar-refractivity contribution is 9.33. The van der Waals surface area contributed by atoms with Crippen LogP contribution in [0, 0.1) is 0 Å². The molecule has 0 fully saturated rings. The molecule has 0 saturated heterocycles. The molecule has 0 heterocycles. The van der Waals surface area contributed by atoms with Crippen LogP contribution in [0.2, 0.25) is 0 Å². The molecule has 0 aromatic heterocycles. The van der Waals surface area contributed by atoms with Crippen LogP contribution < -0.4 is 0 Å². The Morgan fingerprint density at radius 3 is 1.44 bits per heavy atom. The van der Waals surface area contributed by atoms with E-state index in [9.17, 15) is 4.79 Å². The first-order valence-electron chi connectivity index (χ1n) is 9.76. The molecule has 162 valence electrons. The van der Waals surface area contributed by atoms with Gasteiger partial charge in [-0.25, -0.2) is 4.79 Å². The average molecular weight is 772 g/mol. The van der Waals surface area contributed by atoms with Crippen molar-refractivity contribution in [1.29, 1.82) is 0 Å². The van der Waals surface area contributed by atoms with Crippen LogP contribution in [0.1, 0.15) is 90.4 Å². The van der Waals surface area contributed by atoms with Crippen LogP contribution in [0.25, 0.3) is 0 Å². The van der Waals surface area contributed by atoms with Crippen LogP contribution in [-0.2, 0) is 9.53 Å². The predicted octanol–water partition coefficient (Wildman–Crippen LogP) is 9.71. The van der Waals surface area contributed by atoms with Crippen molar-refractivity contribution in [3.63, 3.8) is 0 Å². The predicted molar refractivity (Wildman–Crippen MR) is 139 cm³/mol. The van der Waals surface area contributed by atoms with Gasteiger partial charge in [0.2, 0.25) is 3.23 Å². The Morgan fingerprint density at radius 1 is 0.704 bits per heavy atom. The lowest BCUT2D eigenvalue weighted by molar-refractivity contribution is -0.140. The number of halogens is 6. The molecule has 0 radical (unpaired) electrons. The Bertz CT molecular complexity index is 413. The molecule has 0 aromatic carbocycles. The monoisotopic (exact) mass is 766 g/mol. The third-order valence-corrected chi connectivity index (χ3v) is 15.3. The summed E-state index contributed by atoms with van der Waals surface area (Å²) in [5.41, 5.74) is 0. The van der Waals surface area contributed by atoms with E-state index in [0.29, 0.717) is 0 Å². The van der Waals surface area contributed by atoms with Gasteiger partial charge in [-0.15, -0.1) is 0 Å². The molecule has 0 aliphatic rings. The van der Waals surface area contributed by atoms with E-state index in [1.807, 2.05) is 0 Å². The summed E-state index contributed by atoms with van der Waals surface area (Å²) in [6.45, 7) is 2.26. The second kappa shape index (κ2) is 15.2. The molecule has 2 nitrogen and oxygen atoms in total. The van der Waals surface area contributed by atoms with Crippen LogP contribution >= 0.6 is 95.6 Å². The zero-order chi connectivity index (χ0) is 21.0. The molecule has 0 atom stereocenters. The molecular formula is C19H32Br6O2. The molecule has 0 spiro atoms. The minimum Gasteiger partial charge on any atom is -0.467 e. The molecular weight excluding hydrogens is 740 g/mol. The van der Waals surface area contributed by atoms with E-state index in [1.165, 1.54) is 77.7 Å². The van der Waals surface area contributed by atoms with Crippen LogP contribution in [0.15, 0.2) is 0 Å². The fourth-order valence-electron chi connectivity index (χ4n) is 2.83. The van der Waals surface area contributed by atoms with Crippen molar-refractivity contribution in [3.05, 3.63) is 0 Å². The number of hydrogen-bond donors (Lipinski definition) is 0. The molecule has 8 heteroatoms. The number of ether oxygens (including phenoxy) is 1. The highest BCUT2D eigenvalue weighted by Crippen LogP contribution is 2.61. The van der Waals surface area contributed by atoms with E-state index in [-0.39, 0.29) is 0 Å². The zero-order valence-electron chi connectivity index (χ0n) is 16.3. The fraction of sp³-hybridized carbons (Fsp3) is 0.947. The highest BCUT2D eigenvalue weighted by Gasteiger charge is 2.61. The van der Waals surface area contributed by atoms with Crippen molar-refractivity contribution in [2.75, 3.05) is 7.11 Å². The van der Waals surface area contributed by atoms with Crippen molar-refractivity contribution < 1.29 is 9.53 Å². The second-order valence-corrected chi connectivity index (χ2v) is 17.6. The molecule has 0 aliphatic carbocycles. The maximum Gasteiger partial charge on any atom is 0.336 e. The van der Waals surface area contributed by atoms with Gasteiger partial charge in [0.1, 0.15) is 6.47 Å². The van der Waals surface area contributed by atoms with Gasteiger partial charge >= 0.3 is 5.97 Å². The number of carbonyl (C=O) groups excluding carboxylic acids is 1. The molecule has 0 aliphatic heterocycles. The van der Waals surface area contributed by atoms with Gasteiger partial charge in [0.15, 0.2) is 0 Å². The summed E-state index contributed by atoms with van der Waals surface area (Å²) in [4.78, 5) is 12.1. The fourth-order valence-corrected chi connectivity index (χ4v) is 6.77. The Balaban J connectivity index is 4.01. The van der Waals surface area contributed by atoms with E-state index in [4.69, 9.17) is 4.74 Å². The Kier molecular flexibility index (Phi) is 16.5. The van der Waals surface area contributed by atoms with E-state index >= 15 is 0 Å². The minimum atomic E-state index is -1.12. The van der Waals surface area contributed by atoms with Gasteiger partial charge in [-0.1, -0.05) is 180 Å². The number of esters is 1. The lowest BCUT2D eigenvalue weighted by Crippen LogP contribution is -2.52. The molecule has 0 aromatic rings. The van der Waals surface area contributed by atoms with Crippen molar-refractivity contribution in [1.82, 2.24) is 0 Å². The minimum absolute atomic E-state index is 0.422. The lowest BCUT2D eigenvalue weighted by atomic mass is 10.0. The summed E-state index contributed by atoms with van der Waals surface area (Å²) in [5.74, 6) is -0.422. The number of rotatable bonds is 16. The van der Waals surface area contributed by atoms with Crippen molar-refractivity contribution in [3.8, 4) is 0 Å². The van der Waals surface area contributed by atoms with E-state index in [0.717, 1.165) is 12.8 Å². The number of methoxy groups -OCH3 is 1. The summed E-state index contributed by atoms with van der Waals surface area (Å²) in [6, 6.07) is 0. The quantitative estimate of drug-likeness (QED) is 0.0888. The normalized spacial score (nSPS) is 13.0. The molecule has 0 bridgehead atoms. The molecule has 0 N–H and O–H groups in total. The number of unbranched alkanes of at least 4 members (excludes halogenated alkanes) is 11. The van der Waals surface area contributed by atoms with Gasteiger partial charge in [0.05, 0.1) is 7.11 Å². The van der Waals surface area contributed by atoms with Crippen LogP contribution in [0.4, 0.5) is 0 Å². The maximum absolute atomic E-state index is 12.1. The number of carbonyl (C=O) groups is 1. The molecule has 0 rings (SSSR count). The molecule has 0 unspecified atom stereocenters. The summed E-state index contributed by atoms with van der Waals surface area (Å²) in [6.07, 6.45) is 16.7. The van der Waals surface area contributed by atoms with E-state index in [1.54, 1.807) is 0 Å². The van der Waals surface area contributed by atoms with E-state index < -0.39 is 15.7 Å². The van der Waals surface area contributed by atoms with Crippen molar-refractivity contribution in [2.24, 2.45) is 0 Å². The third kappa shape index (κ3) is 10.5. The Labute approximate surface area is 216 Å². The van der Waals surface area contributed by atoms with Gasteiger partial charge in [-0.05, 0) is 6.42 Å². The van der Waals surface area contributed by atoms with Gasteiger partial charge in [0.25, 0.3) is 0 Å². The smallest absolute Gasteiger partial charge is 0.336 e. The van der Waals surface area contributed by atoms with Gasteiger partial charge in [-0.2, -0.15) is 0 Å². The van der Waals surface area contributed by atoms with Gasteiger partial charge in [0, 0.05) is 0 Å². The SMILES string of the molecule is CCCCCCCCCCCCCCC(Br)(Br)C(Br)(Br)C(Br)(Br)C(=O)OC. The maximum atomic E-state index is 12.1. The summed E-state index contributed by atoms with van der Waals surface area (Å²) >= 11 is 21.6. The van der Waals surface area contributed by atoms with E-state index in [2.05, 4.69) is 103 Å². The summed E-state index contributed by atoms with van der Waals surface area (Å²) in [5, 5.41) is 0. The van der Waals surface area contributed by atoms with Gasteiger partial charge in [-0.3, -0.25) is 0 Å². The largest absolute Gasteiger partial charge is 0.467 e. The summed E-state index contributed by atoms with van der Waals surface area (Å²) < 4.78 is 2.40. The first-order valence-corrected chi connectivity index (χ1v) is 14.5. The molecule has 27 heavy (non-hydrogen) atoms. The van der Waals surface area contributed by atoms with Crippen LogP contribution in [0.5, 0.6) is 0 Å².